The maximum Gasteiger partial charge on any atom is 0.275 e. The van der Waals surface area contributed by atoms with Crippen molar-refractivity contribution in [2.45, 2.75) is 59.9 Å². The first-order valence-electron chi connectivity index (χ1n) is 19.9. The Kier molecular flexibility index (Phi) is 10.5. The van der Waals surface area contributed by atoms with Crippen LogP contribution in [-0.2, 0) is 26.9 Å². The Labute approximate surface area is 340 Å². The molecule has 0 saturated carbocycles. The van der Waals surface area contributed by atoms with Crippen molar-refractivity contribution in [2.75, 3.05) is 57.8 Å². The van der Waals surface area contributed by atoms with Gasteiger partial charge in [0.05, 0.1) is 28.5 Å². The number of fused-ring (bicyclic) bond motifs is 4. The molecule has 1 amide bonds. The van der Waals surface area contributed by atoms with Crippen LogP contribution < -0.4 is 9.64 Å². The predicted molar refractivity (Wildman–Crippen MR) is 230 cm³/mol. The van der Waals surface area contributed by atoms with Crippen molar-refractivity contribution in [3.05, 3.63) is 98.0 Å². The highest BCUT2D eigenvalue weighted by Crippen LogP contribution is 2.46. The zero-order valence-corrected chi connectivity index (χ0v) is 35.5. The molecule has 11 heteroatoms. The van der Waals surface area contributed by atoms with Gasteiger partial charge in [0, 0.05) is 104 Å². The lowest BCUT2D eigenvalue weighted by Crippen LogP contribution is -2.45. The Morgan fingerprint density at radius 2 is 1.61 bits per heavy atom. The number of carbonyl (C=O) groups is 1. The van der Waals surface area contributed by atoms with E-state index in [4.69, 9.17) is 33.0 Å². The highest BCUT2D eigenvalue weighted by atomic mass is 35.5. The van der Waals surface area contributed by atoms with Crippen molar-refractivity contribution in [3.8, 4) is 16.9 Å². The van der Waals surface area contributed by atoms with Crippen LogP contribution >= 0.6 is 23.2 Å². The fraction of sp³-hybridized carbons (Fsp3) is 0.422. The lowest BCUT2D eigenvalue weighted by atomic mass is 9.98. The summed E-state index contributed by atoms with van der Waals surface area (Å²) in [6.07, 6.45) is 4.49. The van der Waals surface area contributed by atoms with Gasteiger partial charge in [0.25, 0.3) is 5.91 Å². The molecule has 3 aromatic carbocycles. The van der Waals surface area contributed by atoms with Gasteiger partial charge in [-0.3, -0.25) is 9.48 Å². The molecular formula is C45H53Cl2N7O2. The average Bonchev–Trinajstić information content (AvgIpc) is 3.77. The first kappa shape index (κ1) is 38.6. The normalized spacial score (nSPS) is 16.8. The van der Waals surface area contributed by atoms with Crippen LogP contribution in [0.4, 0.5) is 5.69 Å². The molecule has 6 aromatic rings. The third-order valence-electron chi connectivity index (χ3n) is 12.2. The lowest BCUT2D eigenvalue weighted by molar-refractivity contribution is 0.0957. The average molecular weight is 795 g/mol. The molecule has 5 heterocycles. The summed E-state index contributed by atoms with van der Waals surface area (Å²) in [6, 6.07) is 14.8. The van der Waals surface area contributed by atoms with E-state index in [9.17, 15) is 0 Å². The molecule has 8 rings (SSSR count). The van der Waals surface area contributed by atoms with E-state index in [0.717, 1.165) is 129 Å². The molecule has 0 bridgehead atoms. The second kappa shape index (κ2) is 15.2. The Balaban J connectivity index is 1.19. The summed E-state index contributed by atoms with van der Waals surface area (Å²) in [7, 11) is 6.24. The Hall–Kier alpha value is -4.28. The summed E-state index contributed by atoms with van der Waals surface area (Å²) in [5, 5.41) is 8.35. The van der Waals surface area contributed by atoms with Gasteiger partial charge in [-0.25, -0.2) is 0 Å². The van der Waals surface area contributed by atoms with Gasteiger partial charge in [0.2, 0.25) is 0 Å². The smallest absolute Gasteiger partial charge is 0.275 e. The number of nitrogens with zero attached hydrogens (tertiary/aromatic N) is 7. The van der Waals surface area contributed by atoms with Crippen LogP contribution in [0, 0.1) is 27.7 Å². The number of rotatable bonds is 10. The molecule has 0 radical (unpaired) electrons. The largest absolute Gasteiger partial charge is 0.494 e. The zero-order chi connectivity index (χ0) is 39.6. The zero-order valence-electron chi connectivity index (χ0n) is 34.0. The number of carbonyl (C=O) groups excluding carboxylic acids is 1. The van der Waals surface area contributed by atoms with Gasteiger partial charge in [-0.1, -0.05) is 35.3 Å². The molecular weight excluding hydrogens is 741 g/mol. The van der Waals surface area contributed by atoms with Crippen molar-refractivity contribution in [1.82, 2.24) is 28.7 Å². The van der Waals surface area contributed by atoms with Crippen LogP contribution in [0.3, 0.4) is 0 Å². The minimum absolute atomic E-state index is 0.0104. The molecule has 0 spiro atoms. The molecule has 1 saturated heterocycles. The number of anilines is 1. The van der Waals surface area contributed by atoms with E-state index >= 15 is 4.79 Å². The van der Waals surface area contributed by atoms with E-state index < -0.39 is 0 Å². The molecule has 0 unspecified atom stereocenters. The Morgan fingerprint density at radius 1 is 0.875 bits per heavy atom. The van der Waals surface area contributed by atoms with Crippen molar-refractivity contribution >= 4 is 56.6 Å². The third-order valence-corrected chi connectivity index (χ3v) is 13.1. The topological polar surface area (TPSA) is 63.7 Å². The number of piperazine rings is 1. The molecule has 1 atom stereocenters. The molecule has 9 nitrogen and oxygen atoms in total. The van der Waals surface area contributed by atoms with Crippen LogP contribution in [0.25, 0.3) is 32.9 Å². The van der Waals surface area contributed by atoms with E-state index in [1.807, 2.05) is 55.6 Å². The second-order valence-corrected chi connectivity index (χ2v) is 16.9. The summed E-state index contributed by atoms with van der Waals surface area (Å²) in [4.78, 5) is 22.2. The molecule has 3 aromatic heterocycles. The van der Waals surface area contributed by atoms with Gasteiger partial charge in [0.15, 0.2) is 0 Å². The summed E-state index contributed by atoms with van der Waals surface area (Å²) in [6.45, 7) is 16.8. The van der Waals surface area contributed by atoms with Gasteiger partial charge in [-0.05, 0) is 114 Å². The molecule has 0 N–H and O–H groups in total. The number of aromatic nitrogens is 4. The monoisotopic (exact) mass is 793 g/mol. The van der Waals surface area contributed by atoms with Crippen LogP contribution in [-0.4, -0.2) is 87.5 Å². The SMILES string of the molecule is Cc1cc(OCCCc2c3n(c4c(-c5c(C)nn(C)c5C)c(Cl)ccc24)[C@H](C)CN(c2cn(C)c4ccc(CCN5CCN(C)CC5)cc24)C3=O)cc(C)c1Cl. The van der Waals surface area contributed by atoms with Gasteiger partial charge in [0.1, 0.15) is 11.4 Å². The minimum Gasteiger partial charge on any atom is -0.494 e. The number of likely N-dealkylation sites (N-methyl/N-ethyl adjacent to an activating group) is 1. The Morgan fingerprint density at radius 3 is 2.30 bits per heavy atom. The van der Waals surface area contributed by atoms with E-state index in [0.29, 0.717) is 24.6 Å². The maximum absolute atomic E-state index is 15.3. The first-order valence-corrected chi connectivity index (χ1v) is 20.6. The van der Waals surface area contributed by atoms with Crippen molar-refractivity contribution in [2.24, 2.45) is 14.1 Å². The molecule has 56 heavy (non-hydrogen) atoms. The van der Waals surface area contributed by atoms with Crippen LogP contribution in [0.1, 0.15) is 63.5 Å². The number of hydrogen-bond acceptors (Lipinski definition) is 5. The molecule has 294 valence electrons. The first-order chi connectivity index (χ1) is 26.8. The molecule has 1 fully saturated rings. The van der Waals surface area contributed by atoms with Gasteiger partial charge < -0.3 is 28.6 Å². The van der Waals surface area contributed by atoms with Crippen LogP contribution in [0.5, 0.6) is 5.75 Å². The summed E-state index contributed by atoms with van der Waals surface area (Å²) in [5.74, 6) is 0.815. The predicted octanol–water partition coefficient (Wildman–Crippen LogP) is 9.10. The molecule has 2 aliphatic rings. The fourth-order valence-electron chi connectivity index (χ4n) is 9.08. The second-order valence-electron chi connectivity index (χ2n) is 16.1. The summed E-state index contributed by atoms with van der Waals surface area (Å²) < 4.78 is 12.6. The number of benzene rings is 3. The van der Waals surface area contributed by atoms with Crippen LogP contribution in [0.15, 0.2) is 48.7 Å². The van der Waals surface area contributed by atoms with Crippen molar-refractivity contribution < 1.29 is 9.53 Å². The highest BCUT2D eigenvalue weighted by molar-refractivity contribution is 6.35. The standard InChI is InChI=1S/C45H53Cl2N7O2/c1-27-22-33(23-28(2)42(27)47)56-21-9-10-34-35-12-13-37(46)41(40-30(4)48-51(8)31(40)5)43(35)54-29(3)25-53(45(55)44(34)54)39-26-50(7)38-14-11-32(24-36(38)39)15-16-52-19-17-49(6)18-20-52/h11-14,22-24,26,29H,9-10,15-21,25H2,1-8H3/t29-/m1/s1. The van der Waals surface area contributed by atoms with E-state index in [1.165, 1.54) is 5.56 Å². The van der Waals surface area contributed by atoms with E-state index in [1.54, 1.807) is 0 Å². The number of ether oxygens (including phenoxy) is 1. The highest BCUT2D eigenvalue weighted by Gasteiger charge is 2.37. The van der Waals surface area contributed by atoms with Crippen LogP contribution in [0.2, 0.25) is 10.0 Å². The third kappa shape index (κ3) is 6.80. The van der Waals surface area contributed by atoms with Crippen molar-refractivity contribution in [1.29, 1.82) is 0 Å². The Bertz CT molecular complexity index is 2460. The fourth-order valence-corrected chi connectivity index (χ4v) is 9.44. The van der Waals surface area contributed by atoms with E-state index in [2.05, 4.69) is 77.3 Å². The van der Waals surface area contributed by atoms with Gasteiger partial charge in [-0.2, -0.15) is 5.10 Å². The number of hydrogen-bond donors (Lipinski definition) is 0. The van der Waals surface area contributed by atoms with Gasteiger partial charge in [-0.15, -0.1) is 0 Å². The number of halogens is 2. The van der Waals surface area contributed by atoms with Crippen molar-refractivity contribution in [3.63, 3.8) is 0 Å². The lowest BCUT2D eigenvalue weighted by Gasteiger charge is -2.34. The maximum atomic E-state index is 15.3. The molecule has 2 aliphatic heterocycles. The van der Waals surface area contributed by atoms with E-state index in [-0.39, 0.29) is 11.9 Å². The summed E-state index contributed by atoms with van der Waals surface area (Å²) >= 11 is 13.6. The number of amides is 1. The number of aryl methyl sites for hydroxylation is 6. The molecule has 0 aliphatic carbocycles. The summed E-state index contributed by atoms with van der Waals surface area (Å²) in [5.41, 5.74) is 12.0. The minimum atomic E-state index is -0.0274. The van der Waals surface area contributed by atoms with Gasteiger partial charge >= 0.3 is 0 Å². The quantitative estimate of drug-likeness (QED) is 0.130.